The number of amides is 1. The number of carbonyl (C=O) groups is 1. The van der Waals surface area contributed by atoms with Crippen molar-refractivity contribution in [2.75, 3.05) is 0 Å². The van der Waals surface area contributed by atoms with E-state index in [4.69, 9.17) is 14.0 Å². The second-order valence-corrected chi connectivity index (χ2v) is 10.2. The van der Waals surface area contributed by atoms with Gasteiger partial charge in [0, 0.05) is 5.56 Å². The van der Waals surface area contributed by atoms with Gasteiger partial charge in [0.25, 0.3) is 0 Å². The largest absolute Gasteiger partial charge is 0.494 e. The van der Waals surface area contributed by atoms with E-state index in [1.165, 1.54) is 6.07 Å². The molecule has 1 fully saturated rings. The summed E-state index contributed by atoms with van der Waals surface area (Å²) in [6.45, 7) is 17.3. The van der Waals surface area contributed by atoms with Gasteiger partial charge in [0.2, 0.25) is 0 Å². The van der Waals surface area contributed by atoms with Crippen molar-refractivity contribution < 1.29 is 23.2 Å². The second kappa shape index (κ2) is 6.20. The molecule has 0 N–H and O–H groups in total. The Bertz CT molecular complexity index is 797. The van der Waals surface area contributed by atoms with Gasteiger partial charge in [-0.15, -0.1) is 0 Å². The zero-order valence-electron chi connectivity index (χ0n) is 18.4. The van der Waals surface area contributed by atoms with E-state index in [-0.39, 0.29) is 12.4 Å². The highest BCUT2D eigenvalue weighted by atomic mass is 19.1. The number of hydrogen-bond acceptors (Lipinski definition) is 4. The molecule has 1 amide bonds. The van der Waals surface area contributed by atoms with Crippen molar-refractivity contribution in [3.8, 4) is 0 Å². The molecule has 5 nitrogen and oxygen atoms in total. The molecule has 7 heteroatoms. The first-order valence-corrected chi connectivity index (χ1v) is 9.74. The van der Waals surface area contributed by atoms with Crippen molar-refractivity contribution in [1.82, 2.24) is 4.90 Å². The van der Waals surface area contributed by atoms with Crippen molar-refractivity contribution in [3.05, 3.63) is 29.1 Å². The van der Waals surface area contributed by atoms with Crippen LogP contribution >= 0.6 is 0 Å². The lowest BCUT2D eigenvalue weighted by molar-refractivity contribution is 0.00513. The quantitative estimate of drug-likeness (QED) is 0.676. The minimum Gasteiger partial charge on any atom is -0.444 e. The van der Waals surface area contributed by atoms with Crippen LogP contribution in [0.3, 0.4) is 0 Å². The maximum absolute atomic E-state index is 15.0. The van der Waals surface area contributed by atoms with Gasteiger partial charge in [-0.05, 0) is 79.4 Å². The lowest BCUT2D eigenvalue weighted by atomic mass is 9.76. The molecule has 1 saturated heterocycles. The van der Waals surface area contributed by atoms with Crippen LogP contribution in [0.5, 0.6) is 0 Å². The van der Waals surface area contributed by atoms with E-state index < -0.39 is 35.6 Å². The van der Waals surface area contributed by atoms with Crippen LogP contribution < -0.4 is 5.46 Å². The Labute approximate surface area is 167 Å². The molecule has 0 bridgehead atoms. The molecule has 1 aromatic rings. The van der Waals surface area contributed by atoms with Crippen molar-refractivity contribution in [2.24, 2.45) is 0 Å². The minimum absolute atomic E-state index is 0.173. The Morgan fingerprint density at radius 2 is 1.64 bits per heavy atom. The zero-order valence-corrected chi connectivity index (χ0v) is 18.4. The molecule has 0 aromatic heterocycles. The molecule has 28 heavy (non-hydrogen) atoms. The van der Waals surface area contributed by atoms with E-state index in [1.807, 2.05) is 68.4 Å². The third kappa shape index (κ3) is 3.43. The fraction of sp³-hybridized carbons (Fsp3) is 0.667. The van der Waals surface area contributed by atoms with Crippen LogP contribution in [-0.2, 0) is 26.1 Å². The van der Waals surface area contributed by atoms with Gasteiger partial charge in [0.1, 0.15) is 11.4 Å². The van der Waals surface area contributed by atoms with Crippen LogP contribution in [0.15, 0.2) is 12.1 Å². The summed E-state index contributed by atoms with van der Waals surface area (Å²) in [6.07, 6.45) is -0.453. The van der Waals surface area contributed by atoms with Crippen molar-refractivity contribution in [3.63, 3.8) is 0 Å². The fourth-order valence-corrected chi connectivity index (χ4v) is 3.59. The maximum Gasteiger partial charge on any atom is 0.494 e. The molecule has 1 aromatic carbocycles. The van der Waals surface area contributed by atoms with Crippen LogP contribution in [0.4, 0.5) is 9.18 Å². The Kier molecular flexibility index (Phi) is 4.68. The van der Waals surface area contributed by atoms with Gasteiger partial charge in [-0.25, -0.2) is 9.18 Å². The SMILES string of the molecule is CC(C)(C)OC(=O)N1Cc2c(F)cc(B3OC(C)(C)C(C)(C)O3)cc2C1(C)C. The predicted molar refractivity (Wildman–Crippen MR) is 107 cm³/mol. The summed E-state index contributed by atoms with van der Waals surface area (Å²) < 4.78 is 32.7. The highest BCUT2D eigenvalue weighted by Gasteiger charge is 2.52. The fourth-order valence-electron chi connectivity index (χ4n) is 3.59. The number of halogens is 1. The third-order valence-corrected chi connectivity index (χ3v) is 6.01. The summed E-state index contributed by atoms with van der Waals surface area (Å²) in [5.74, 6) is -0.360. The molecule has 0 atom stereocenters. The van der Waals surface area contributed by atoms with Crippen LogP contribution in [0, 0.1) is 5.82 Å². The Hall–Kier alpha value is -1.60. The van der Waals surface area contributed by atoms with Gasteiger partial charge in [-0.2, -0.15) is 0 Å². The molecular weight excluding hydrogens is 360 g/mol. The summed E-state index contributed by atoms with van der Waals surface area (Å²) in [5.41, 5.74) is -0.462. The van der Waals surface area contributed by atoms with Gasteiger partial charge < -0.3 is 14.0 Å². The first kappa shape index (κ1) is 21.1. The van der Waals surface area contributed by atoms with E-state index >= 15 is 4.39 Å². The molecule has 154 valence electrons. The number of fused-ring (bicyclic) bond motifs is 1. The molecule has 3 rings (SSSR count). The van der Waals surface area contributed by atoms with E-state index in [2.05, 4.69) is 0 Å². The normalized spacial score (nSPS) is 22.4. The molecule has 0 saturated carbocycles. The summed E-state index contributed by atoms with van der Waals surface area (Å²) in [6, 6.07) is 3.35. The first-order chi connectivity index (χ1) is 12.6. The summed E-state index contributed by atoms with van der Waals surface area (Å²) in [4.78, 5) is 14.3. The van der Waals surface area contributed by atoms with Gasteiger partial charge in [0.15, 0.2) is 0 Å². The van der Waals surface area contributed by atoms with Gasteiger partial charge >= 0.3 is 13.2 Å². The standard InChI is InChI=1S/C21H31BFNO4/c1-18(2,3)26-17(25)24-12-14-15(19(24,4)5)10-13(11-16(14)23)22-27-20(6,7)21(8,9)28-22/h10-11H,12H2,1-9H3. The molecular formula is C21H31BFNO4. The summed E-state index contributed by atoms with van der Waals surface area (Å²) in [7, 11) is -0.656. The van der Waals surface area contributed by atoms with Crippen LogP contribution in [0.1, 0.15) is 73.4 Å². The number of rotatable bonds is 1. The van der Waals surface area contributed by atoms with Gasteiger partial charge in [0.05, 0.1) is 23.3 Å². The summed E-state index contributed by atoms with van der Waals surface area (Å²) in [5, 5.41) is 0. The number of ether oxygens (including phenoxy) is 1. The first-order valence-electron chi connectivity index (χ1n) is 9.74. The third-order valence-electron chi connectivity index (χ3n) is 6.01. The lowest BCUT2D eigenvalue weighted by Gasteiger charge is -2.34. The number of benzene rings is 1. The van der Waals surface area contributed by atoms with Crippen LogP contribution in [-0.4, -0.2) is 34.9 Å². The number of carbonyl (C=O) groups excluding carboxylic acids is 1. The van der Waals surface area contributed by atoms with Crippen molar-refractivity contribution in [2.45, 2.75) is 91.2 Å². The van der Waals surface area contributed by atoms with Crippen molar-refractivity contribution >= 4 is 18.7 Å². The molecule has 0 radical (unpaired) electrons. The lowest BCUT2D eigenvalue weighted by Crippen LogP contribution is -2.43. The monoisotopic (exact) mass is 391 g/mol. The summed E-state index contributed by atoms with van der Waals surface area (Å²) >= 11 is 0. The molecule has 0 aliphatic carbocycles. The number of nitrogens with zero attached hydrogens (tertiary/aromatic N) is 1. The topological polar surface area (TPSA) is 48.0 Å². The van der Waals surface area contributed by atoms with Crippen LogP contribution in [0.25, 0.3) is 0 Å². The highest BCUT2D eigenvalue weighted by molar-refractivity contribution is 6.62. The zero-order chi connectivity index (χ0) is 21.3. The molecule has 2 heterocycles. The van der Waals surface area contributed by atoms with E-state index in [9.17, 15) is 4.79 Å². The Balaban J connectivity index is 1.95. The second-order valence-electron chi connectivity index (χ2n) is 10.2. The average Bonchev–Trinajstić information content (AvgIpc) is 2.88. The van der Waals surface area contributed by atoms with Crippen LogP contribution in [0.2, 0.25) is 0 Å². The molecule has 0 unspecified atom stereocenters. The minimum atomic E-state index is -0.710. The molecule has 2 aliphatic heterocycles. The smallest absolute Gasteiger partial charge is 0.444 e. The maximum atomic E-state index is 15.0. The number of hydrogen-bond donors (Lipinski definition) is 0. The van der Waals surface area contributed by atoms with Crippen molar-refractivity contribution in [1.29, 1.82) is 0 Å². The Morgan fingerprint density at radius 1 is 1.11 bits per heavy atom. The van der Waals surface area contributed by atoms with Gasteiger partial charge in [-0.1, -0.05) is 6.07 Å². The van der Waals surface area contributed by atoms with E-state index in [1.54, 1.807) is 4.90 Å². The van der Waals surface area contributed by atoms with Gasteiger partial charge in [-0.3, -0.25) is 4.90 Å². The van der Waals surface area contributed by atoms with E-state index in [0.29, 0.717) is 11.0 Å². The molecule has 0 spiro atoms. The van der Waals surface area contributed by atoms with E-state index in [0.717, 1.165) is 5.56 Å². The molecule has 2 aliphatic rings. The predicted octanol–water partition coefficient (Wildman–Crippen LogP) is 4.11. The highest BCUT2D eigenvalue weighted by Crippen LogP contribution is 2.41. The average molecular weight is 391 g/mol. The Morgan fingerprint density at radius 3 is 2.14 bits per heavy atom.